The van der Waals surface area contributed by atoms with Crippen LogP contribution in [0.4, 0.5) is 13.2 Å². The summed E-state index contributed by atoms with van der Waals surface area (Å²) in [7, 11) is 0. The highest BCUT2D eigenvalue weighted by atomic mass is 35.5. The van der Waals surface area contributed by atoms with Crippen molar-refractivity contribution in [2.75, 3.05) is 0 Å². The van der Waals surface area contributed by atoms with Crippen molar-refractivity contribution in [3.05, 3.63) is 34.3 Å². The summed E-state index contributed by atoms with van der Waals surface area (Å²) in [6.45, 7) is -0.108. The lowest BCUT2D eigenvalue weighted by molar-refractivity contribution is -0.137. The number of alkyl halides is 3. The number of halogens is 4. The van der Waals surface area contributed by atoms with Crippen molar-refractivity contribution in [2.24, 2.45) is 5.90 Å². The molecule has 1 aromatic carbocycles. The van der Waals surface area contributed by atoms with Gasteiger partial charge < -0.3 is 0 Å². The first kappa shape index (κ1) is 11.3. The van der Waals surface area contributed by atoms with Crippen molar-refractivity contribution in [3.63, 3.8) is 0 Å². The quantitative estimate of drug-likeness (QED) is 0.786. The molecule has 0 heterocycles. The minimum Gasteiger partial charge on any atom is -0.300 e. The van der Waals surface area contributed by atoms with E-state index in [1.807, 2.05) is 0 Å². The molecule has 0 atom stereocenters. The van der Waals surface area contributed by atoms with Crippen LogP contribution in [-0.4, -0.2) is 0 Å². The molecular weight excluding hydrogens is 219 g/mol. The van der Waals surface area contributed by atoms with E-state index in [4.69, 9.17) is 17.5 Å². The van der Waals surface area contributed by atoms with Crippen LogP contribution in [0.15, 0.2) is 18.2 Å². The maximum Gasteiger partial charge on any atom is 0.416 e. The van der Waals surface area contributed by atoms with Crippen LogP contribution in [-0.2, 0) is 17.6 Å². The Balaban J connectivity index is 3.07. The highest BCUT2D eigenvalue weighted by Gasteiger charge is 2.30. The normalized spacial score (nSPS) is 11.8. The van der Waals surface area contributed by atoms with Crippen LogP contribution in [0.3, 0.4) is 0 Å². The van der Waals surface area contributed by atoms with Gasteiger partial charge in [-0.1, -0.05) is 11.6 Å². The van der Waals surface area contributed by atoms with E-state index in [0.29, 0.717) is 0 Å². The van der Waals surface area contributed by atoms with Crippen molar-refractivity contribution in [1.29, 1.82) is 0 Å². The van der Waals surface area contributed by atoms with E-state index in [2.05, 4.69) is 4.84 Å². The highest BCUT2D eigenvalue weighted by Crippen LogP contribution is 2.31. The standard InChI is InChI=1S/C8H7ClF3NO/c9-7-2-5(4-14-13)1-6(3-7)8(10,11)12/h1-3H,4,13H2. The minimum atomic E-state index is -4.41. The second-order valence-corrected chi connectivity index (χ2v) is 3.09. The predicted octanol–water partition coefficient (Wildman–Crippen LogP) is 2.75. The molecule has 0 unspecified atom stereocenters. The van der Waals surface area contributed by atoms with Crippen molar-refractivity contribution in [2.45, 2.75) is 12.8 Å². The Labute approximate surface area is 83.4 Å². The molecule has 78 valence electrons. The summed E-state index contributed by atoms with van der Waals surface area (Å²) in [6, 6.07) is 3.16. The van der Waals surface area contributed by atoms with Crippen molar-refractivity contribution >= 4 is 11.6 Å². The summed E-state index contributed by atoms with van der Waals surface area (Å²) in [6.07, 6.45) is -4.41. The zero-order valence-corrected chi connectivity index (χ0v) is 7.69. The van der Waals surface area contributed by atoms with E-state index < -0.39 is 11.7 Å². The van der Waals surface area contributed by atoms with Crippen LogP contribution in [0.1, 0.15) is 11.1 Å². The zero-order valence-electron chi connectivity index (χ0n) is 6.94. The Bertz CT molecular complexity index is 327. The Hall–Kier alpha value is -0.780. The number of rotatable bonds is 2. The third-order valence-electron chi connectivity index (χ3n) is 1.53. The molecule has 2 nitrogen and oxygen atoms in total. The van der Waals surface area contributed by atoms with Gasteiger partial charge in [0, 0.05) is 5.02 Å². The fraction of sp³-hybridized carbons (Fsp3) is 0.250. The highest BCUT2D eigenvalue weighted by molar-refractivity contribution is 6.30. The molecule has 0 aliphatic carbocycles. The van der Waals surface area contributed by atoms with Gasteiger partial charge in [-0.15, -0.1) is 0 Å². The molecule has 1 rings (SSSR count). The van der Waals surface area contributed by atoms with Gasteiger partial charge >= 0.3 is 6.18 Å². The SMILES string of the molecule is NOCc1cc(Cl)cc(C(F)(F)F)c1. The lowest BCUT2D eigenvalue weighted by atomic mass is 10.1. The van der Waals surface area contributed by atoms with Gasteiger partial charge in [-0.25, -0.2) is 5.90 Å². The fourth-order valence-electron chi connectivity index (χ4n) is 0.994. The molecule has 0 aromatic heterocycles. The van der Waals surface area contributed by atoms with Gasteiger partial charge in [-0.3, -0.25) is 4.84 Å². The minimum absolute atomic E-state index is 0.00637. The zero-order chi connectivity index (χ0) is 10.8. The van der Waals surface area contributed by atoms with E-state index in [0.717, 1.165) is 12.1 Å². The Morgan fingerprint density at radius 1 is 1.29 bits per heavy atom. The van der Waals surface area contributed by atoms with Gasteiger partial charge in [0.25, 0.3) is 0 Å². The molecule has 2 N–H and O–H groups in total. The summed E-state index contributed by atoms with van der Waals surface area (Å²) in [5.74, 6) is 4.75. The molecular formula is C8H7ClF3NO. The van der Waals surface area contributed by atoms with Crippen LogP contribution < -0.4 is 5.90 Å². The second-order valence-electron chi connectivity index (χ2n) is 2.66. The van der Waals surface area contributed by atoms with Gasteiger partial charge in [0.2, 0.25) is 0 Å². The molecule has 0 bridgehead atoms. The Kier molecular flexibility index (Phi) is 3.36. The topological polar surface area (TPSA) is 35.2 Å². The Morgan fingerprint density at radius 2 is 1.93 bits per heavy atom. The smallest absolute Gasteiger partial charge is 0.300 e. The molecule has 0 aliphatic heterocycles. The van der Waals surface area contributed by atoms with Gasteiger partial charge in [0.15, 0.2) is 0 Å². The summed E-state index contributed by atoms with van der Waals surface area (Å²) < 4.78 is 36.8. The summed E-state index contributed by atoms with van der Waals surface area (Å²) in [5, 5.41) is 0.00637. The molecule has 14 heavy (non-hydrogen) atoms. The van der Waals surface area contributed by atoms with E-state index in [1.165, 1.54) is 6.07 Å². The summed E-state index contributed by atoms with van der Waals surface area (Å²) in [4.78, 5) is 4.22. The summed E-state index contributed by atoms with van der Waals surface area (Å²) in [5.41, 5.74) is -0.524. The number of hydrogen-bond donors (Lipinski definition) is 1. The molecule has 0 aliphatic rings. The number of benzene rings is 1. The van der Waals surface area contributed by atoms with Gasteiger partial charge in [-0.2, -0.15) is 13.2 Å². The fourth-order valence-corrected chi connectivity index (χ4v) is 1.25. The maximum absolute atomic E-state index is 12.3. The van der Waals surface area contributed by atoms with Crippen LogP contribution in [0.2, 0.25) is 5.02 Å². The third kappa shape index (κ3) is 2.87. The average Bonchev–Trinajstić information content (AvgIpc) is 2.02. The van der Waals surface area contributed by atoms with Crippen molar-refractivity contribution in [1.82, 2.24) is 0 Å². The number of nitrogens with two attached hydrogens (primary N) is 1. The van der Waals surface area contributed by atoms with E-state index in [1.54, 1.807) is 0 Å². The van der Waals surface area contributed by atoms with Crippen LogP contribution in [0, 0.1) is 0 Å². The first-order valence-electron chi connectivity index (χ1n) is 3.62. The van der Waals surface area contributed by atoms with E-state index in [9.17, 15) is 13.2 Å². The van der Waals surface area contributed by atoms with Gasteiger partial charge in [0.05, 0.1) is 12.2 Å². The monoisotopic (exact) mass is 225 g/mol. The van der Waals surface area contributed by atoms with Gasteiger partial charge in [-0.05, 0) is 23.8 Å². The number of hydrogen-bond acceptors (Lipinski definition) is 2. The molecule has 0 fully saturated rings. The largest absolute Gasteiger partial charge is 0.416 e. The first-order chi connectivity index (χ1) is 6.43. The molecule has 0 saturated carbocycles. The molecule has 0 saturated heterocycles. The van der Waals surface area contributed by atoms with Crippen LogP contribution >= 0.6 is 11.6 Å². The molecule has 6 heteroatoms. The van der Waals surface area contributed by atoms with Crippen LogP contribution in [0.5, 0.6) is 0 Å². The van der Waals surface area contributed by atoms with Crippen molar-refractivity contribution < 1.29 is 18.0 Å². The second kappa shape index (κ2) is 4.16. The first-order valence-corrected chi connectivity index (χ1v) is 3.99. The Morgan fingerprint density at radius 3 is 2.43 bits per heavy atom. The third-order valence-corrected chi connectivity index (χ3v) is 1.75. The molecule has 1 aromatic rings. The van der Waals surface area contributed by atoms with E-state index in [-0.39, 0.29) is 17.2 Å². The molecule has 0 radical (unpaired) electrons. The lowest BCUT2D eigenvalue weighted by Gasteiger charge is -2.09. The van der Waals surface area contributed by atoms with E-state index >= 15 is 0 Å². The van der Waals surface area contributed by atoms with Crippen LogP contribution in [0.25, 0.3) is 0 Å². The molecule has 0 amide bonds. The maximum atomic E-state index is 12.3. The lowest BCUT2D eigenvalue weighted by Crippen LogP contribution is -2.07. The average molecular weight is 226 g/mol. The molecule has 0 spiro atoms. The van der Waals surface area contributed by atoms with Crippen molar-refractivity contribution in [3.8, 4) is 0 Å². The predicted molar refractivity (Wildman–Crippen MR) is 45.4 cm³/mol. The van der Waals surface area contributed by atoms with Gasteiger partial charge in [0.1, 0.15) is 0 Å². The summed E-state index contributed by atoms with van der Waals surface area (Å²) >= 11 is 5.50.